The van der Waals surface area contributed by atoms with Crippen LogP contribution in [0.3, 0.4) is 0 Å². The molecule has 9 heteroatoms. The summed E-state index contributed by atoms with van der Waals surface area (Å²) in [5.41, 5.74) is 3.32. The van der Waals surface area contributed by atoms with E-state index in [0.29, 0.717) is 12.3 Å². The molecule has 2 aromatic rings. The molecule has 2 aliphatic heterocycles. The lowest BCUT2D eigenvalue weighted by Gasteiger charge is -2.41. The minimum absolute atomic E-state index is 0.0665. The number of para-hydroxylation sites is 1. The van der Waals surface area contributed by atoms with Crippen LogP contribution < -0.4 is 15.0 Å². The van der Waals surface area contributed by atoms with Gasteiger partial charge >= 0.3 is 6.03 Å². The molecule has 1 N–H and O–H groups in total. The van der Waals surface area contributed by atoms with Crippen molar-refractivity contribution in [2.75, 3.05) is 50.7 Å². The van der Waals surface area contributed by atoms with Crippen molar-refractivity contribution in [1.82, 2.24) is 10.2 Å². The normalized spacial score (nSPS) is 19.5. The molecule has 2 aliphatic rings. The van der Waals surface area contributed by atoms with E-state index in [4.69, 9.17) is 4.74 Å². The van der Waals surface area contributed by atoms with E-state index in [1.54, 1.807) is 18.9 Å². The zero-order valence-corrected chi connectivity index (χ0v) is 21.3. The number of aliphatic imine (C=N–C) groups is 1. The highest BCUT2D eigenvalue weighted by atomic mass is 79.9. The standard InChI is InChI=1S/C24H27BrN4O3S/c1-28(2)10-11-33-14-21(30)29-13-17-22(15-8-9-20(32-3)18(25)12-15)26-24(31)27-23(17)16-6-4-5-7-19(16)29/h4-9,12,17,22H,10-11,13-14H2,1-3H3,(H,26,31). The molecule has 0 aliphatic carbocycles. The van der Waals surface area contributed by atoms with Crippen molar-refractivity contribution < 1.29 is 14.3 Å². The number of methoxy groups -OCH3 is 1. The predicted molar refractivity (Wildman–Crippen MR) is 137 cm³/mol. The Balaban J connectivity index is 1.66. The number of carbonyl (C=O) groups is 2. The number of carbonyl (C=O) groups excluding carboxylic acids is 2. The van der Waals surface area contributed by atoms with E-state index < -0.39 is 0 Å². The van der Waals surface area contributed by atoms with Crippen molar-refractivity contribution in [3.8, 4) is 5.75 Å². The summed E-state index contributed by atoms with van der Waals surface area (Å²) >= 11 is 5.18. The van der Waals surface area contributed by atoms with Crippen molar-refractivity contribution in [1.29, 1.82) is 0 Å². The van der Waals surface area contributed by atoms with Gasteiger partial charge in [0.15, 0.2) is 0 Å². The third kappa shape index (κ3) is 5.10. The monoisotopic (exact) mass is 530 g/mol. The number of amides is 3. The molecule has 0 saturated heterocycles. The first-order chi connectivity index (χ1) is 15.9. The van der Waals surface area contributed by atoms with E-state index in [2.05, 4.69) is 31.1 Å². The quantitative estimate of drug-likeness (QED) is 0.548. The molecule has 0 bridgehead atoms. The molecule has 2 aromatic carbocycles. The van der Waals surface area contributed by atoms with Gasteiger partial charge in [-0.05, 0) is 53.8 Å². The fourth-order valence-electron chi connectivity index (χ4n) is 4.20. The fraction of sp³-hybridized carbons (Fsp3) is 0.375. The van der Waals surface area contributed by atoms with E-state index in [9.17, 15) is 9.59 Å². The van der Waals surface area contributed by atoms with Gasteiger partial charge in [-0.15, -0.1) is 0 Å². The first kappa shape index (κ1) is 23.8. The van der Waals surface area contributed by atoms with Crippen LogP contribution in [0.15, 0.2) is 51.9 Å². The fourth-order valence-corrected chi connectivity index (χ4v) is 5.73. The summed E-state index contributed by atoms with van der Waals surface area (Å²) in [6.45, 7) is 1.38. The first-order valence-electron chi connectivity index (χ1n) is 10.7. The number of hydrogen-bond acceptors (Lipinski definition) is 5. The molecule has 0 aromatic heterocycles. The maximum absolute atomic E-state index is 13.3. The average Bonchev–Trinajstić information content (AvgIpc) is 2.80. The van der Waals surface area contributed by atoms with Gasteiger partial charge in [-0.2, -0.15) is 16.8 Å². The third-order valence-electron chi connectivity index (χ3n) is 5.85. The highest BCUT2D eigenvalue weighted by molar-refractivity contribution is 9.10. The van der Waals surface area contributed by atoms with E-state index in [-0.39, 0.29) is 23.9 Å². The Morgan fingerprint density at radius 2 is 2.09 bits per heavy atom. The molecule has 2 heterocycles. The highest BCUT2D eigenvalue weighted by Gasteiger charge is 2.41. The van der Waals surface area contributed by atoms with Crippen molar-refractivity contribution in [2.24, 2.45) is 10.9 Å². The van der Waals surface area contributed by atoms with Crippen LogP contribution in [-0.2, 0) is 4.79 Å². The van der Waals surface area contributed by atoms with Gasteiger partial charge in [-0.25, -0.2) is 4.79 Å². The van der Waals surface area contributed by atoms with Gasteiger partial charge in [-0.3, -0.25) is 4.79 Å². The van der Waals surface area contributed by atoms with E-state index in [0.717, 1.165) is 45.0 Å². The minimum atomic E-state index is -0.369. The molecule has 4 rings (SSSR count). The van der Waals surface area contributed by atoms with E-state index in [1.165, 1.54) is 0 Å². The Morgan fingerprint density at radius 3 is 2.82 bits per heavy atom. The lowest BCUT2D eigenvalue weighted by Crippen LogP contribution is -2.51. The number of benzene rings is 2. The van der Waals surface area contributed by atoms with Crippen LogP contribution in [0.5, 0.6) is 5.75 Å². The Hall–Kier alpha value is -2.36. The predicted octanol–water partition coefficient (Wildman–Crippen LogP) is 3.97. The number of urea groups is 1. The number of halogens is 1. The summed E-state index contributed by atoms with van der Waals surface area (Å²) in [6.07, 6.45) is 0. The second-order valence-corrected chi connectivity index (χ2v) is 10.3. The number of thioether (sulfide) groups is 1. The second kappa shape index (κ2) is 10.3. The maximum atomic E-state index is 13.3. The van der Waals surface area contributed by atoms with Crippen LogP contribution in [0.1, 0.15) is 17.2 Å². The highest BCUT2D eigenvalue weighted by Crippen LogP contribution is 2.39. The minimum Gasteiger partial charge on any atom is -0.496 e. The summed E-state index contributed by atoms with van der Waals surface area (Å²) in [5.74, 6) is 1.93. The Labute approximate surface area is 206 Å². The van der Waals surface area contributed by atoms with Crippen LogP contribution in [0, 0.1) is 5.92 Å². The van der Waals surface area contributed by atoms with Crippen LogP contribution in [-0.4, -0.2) is 68.4 Å². The lowest BCUT2D eigenvalue weighted by molar-refractivity contribution is -0.116. The van der Waals surface area contributed by atoms with Gasteiger partial charge in [0.25, 0.3) is 0 Å². The molecule has 2 atom stereocenters. The van der Waals surface area contributed by atoms with Gasteiger partial charge in [0.2, 0.25) is 5.91 Å². The third-order valence-corrected chi connectivity index (χ3v) is 7.39. The van der Waals surface area contributed by atoms with Crippen LogP contribution >= 0.6 is 27.7 Å². The first-order valence-corrected chi connectivity index (χ1v) is 12.7. The summed E-state index contributed by atoms with van der Waals surface area (Å²) in [4.78, 5) is 34.1. The van der Waals surface area contributed by atoms with Crippen LogP contribution in [0.25, 0.3) is 0 Å². The van der Waals surface area contributed by atoms with Gasteiger partial charge < -0.3 is 19.9 Å². The van der Waals surface area contributed by atoms with E-state index >= 15 is 0 Å². The summed E-state index contributed by atoms with van der Waals surface area (Å²) in [6, 6.07) is 12.8. The second-order valence-electron chi connectivity index (χ2n) is 8.30. The molecule has 2 unspecified atom stereocenters. The largest absolute Gasteiger partial charge is 0.496 e. The number of fused-ring (bicyclic) bond motifs is 3. The summed E-state index contributed by atoms with van der Waals surface area (Å²) < 4.78 is 6.16. The Bertz CT molecular complexity index is 1090. The average molecular weight is 531 g/mol. The van der Waals surface area contributed by atoms with Crippen molar-refractivity contribution in [3.63, 3.8) is 0 Å². The number of nitrogens with zero attached hydrogens (tertiary/aromatic N) is 3. The van der Waals surface area contributed by atoms with Crippen molar-refractivity contribution in [3.05, 3.63) is 58.1 Å². The van der Waals surface area contributed by atoms with Crippen molar-refractivity contribution in [2.45, 2.75) is 6.04 Å². The number of ether oxygens (including phenoxy) is 1. The molecule has 0 radical (unpaired) electrons. The van der Waals surface area contributed by atoms with Gasteiger partial charge in [-0.1, -0.05) is 24.3 Å². The number of hydrogen-bond donors (Lipinski definition) is 1. The molecule has 0 fully saturated rings. The lowest BCUT2D eigenvalue weighted by atomic mass is 9.81. The summed E-state index contributed by atoms with van der Waals surface area (Å²) in [7, 11) is 5.67. The molecule has 0 saturated carbocycles. The molecule has 0 spiro atoms. The Kier molecular flexibility index (Phi) is 7.41. The zero-order valence-electron chi connectivity index (χ0n) is 18.9. The molecule has 3 amide bonds. The molecule has 33 heavy (non-hydrogen) atoms. The van der Waals surface area contributed by atoms with Crippen LogP contribution in [0.4, 0.5) is 10.5 Å². The summed E-state index contributed by atoms with van der Waals surface area (Å²) in [5, 5.41) is 3.01. The van der Waals surface area contributed by atoms with Crippen molar-refractivity contribution >= 4 is 51.0 Å². The SMILES string of the molecule is COc1ccc(C2NC(=O)N=C3c4ccccc4N(C(=O)CSCCN(C)C)CC32)cc1Br. The molecule has 174 valence electrons. The topological polar surface area (TPSA) is 74.2 Å². The van der Waals surface area contributed by atoms with Crippen LogP contribution in [0.2, 0.25) is 0 Å². The zero-order chi connectivity index (χ0) is 23.5. The van der Waals surface area contributed by atoms with Gasteiger partial charge in [0, 0.05) is 30.3 Å². The van der Waals surface area contributed by atoms with Gasteiger partial charge in [0.05, 0.1) is 34.8 Å². The molecular formula is C24H27BrN4O3S. The number of rotatable bonds is 7. The van der Waals surface area contributed by atoms with E-state index in [1.807, 2.05) is 61.5 Å². The smallest absolute Gasteiger partial charge is 0.341 e. The molecule has 7 nitrogen and oxygen atoms in total. The molecular weight excluding hydrogens is 504 g/mol. The number of nitrogens with one attached hydrogen (secondary N) is 1. The number of anilines is 1. The maximum Gasteiger partial charge on any atom is 0.341 e. The van der Waals surface area contributed by atoms with Gasteiger partial charge in [0.1, 0.15) is 5.75 Å². The Morgan fingerprint density at radius 1 is 1.30 bits per heavy atom.